The lowest BCUT2D eigenvalue weighted by atomic mass is 10.3. The summed E-state index contributed by atoms with van der Waals surface area (Å²) in [4.78, 5) is 3.96. The molecule has 16 heavy (non-hydrogen) atoms. The highest BCUT2D eigenvalue weighted by Crippen LogP contribution is 2.10. The van der Waals surface area contributed by atoms with Crippen LogP contribution in [-0.4, -0.2) is 33.7 Å². The zero-order chi connectivity index (χ0) is 12.0. The van der Waals surface area contributed by atoms with E-state index in [2.05, 4.69) is 10.3 Å². The van der Waals surface area contributed by atoms with Crippen molar-refractivity contribution in [2.45, 2.75) is 32.4 Å². The minimum absolute atomic E-state index is 0.329. The summed E-state index contributed by atoms with van der Waals surface area (Å²) >= 11 is 0. The van der Waals surface area contributed by atoms with Crippen molar-refractivity contribution in [2.75, 3.05) is 13.2 Å². The van der Waals surface area contributed by atoms with Gasteiger partial charge in [-0.1, -0.05) is 6.92 Å². The monoisotopic (exact) mass is 233 g/mol. The Hall–Kier alpha value is -1.01. The molecule has 1 aromatic rings. The van der Waals surface area contributed by atoms with Crippen LogP contribution < -0.4 is 5.32 Å². The number of aromatic nitrogens is 2. The molecule has 0 atom stereocenters. The minimum atomic E-state index is -3.06. The van der Waals surface area contributed by atoms with E-state index in [-0.39, 0.29) is 0 Å². The van der Waals surface area contributed by atoms with E-state index in [1.165, 1.54) is 0 Å². The third-order valence-corrected chi connectivity index (χ3v) is 2.18. The van der Waals surface area contributed by atoms with Crippen molar-refractivity contribution < 1.29 is 13.9 Å². The maximum Gasteiger partial charge on any atom is 0.282 e. The molecule has 2 N–H and O–H groups in total. The highest BCUT2D eigenvalue weighted by atomic mass is 19.3. The average Bonchev–Trinajstić information content (AvgIpc) is 2.66. The quantitative estimate of drug-likeness (QED) is 0.739. The van der Waals surface area contributed by atoms with Crippen molar-refractivity contribution in [1.29, 1.82) is 0 Å². The van der Waals surface area contributed by atoms with Crippen LogP contribution in [0.2, 0.25) is 0 Å². The number of nitrogens with one attached hydrogen (secondary N) is 1. The summed E-state index contributed by atoms with van der Waals surface area (Å²) in [5, 5.41) is 11.0. The number of imidazole rings is 1. The van der Waals surface area contributed by atoms with Crippen LogP contribution >= 0.6 is 0 Å². The third-order valence-electron chi connectivity index (χ3n) is 2.18. The summed E-state index contributed by atoms with van der Waals surface area (Å²) in [5.74, 6) is -3.06. The fourth-order valence-electron chi connectivity index (χ4n) is 1.37. The molecule has 1 heterocycles. The number of alkyl halides is 2. The number of aliphatic hydroxyl groups excluding tert-OH is 1. The second-order valence-electron chi connectivity index (χ2n) is 3.70. The second kappa shape index (κ2) is 5.91. The van der Waals surface area contributed by atoms with Gasteiger partial charge in [0, 0.05) is 19.3 Å². The van der Waals surface area contributed by atoms with Crippen LogP contribution in [0.5, 0.6) is 0 Å². The predicted molar refractivity (Wildman–Crippen MR) is 56.3 cm³/mol. The number of hydrogen-bond acceptors (Lipinski definition) is 3. The molecule has 0 aliphatic carbocycles. The number of aliphatic hydroxyl groups is 1. The Balaban J connectivity index is 2.39. The van der Waals surface area contributed by atoms with Crippen molar-refractivity contribution >= 4 is 0 Å². The summed E-state index contributed by atoms with van der Waals surface area (Å²) in [6, 6.07) is 0. The molecule has 0 saturated heterocycles. The molecule has 0 spiro atoms. The number of nitrogens with zero attached hydrogens (tertiary/aromatic N) is 2. The van der Waals surface area contributed by atoms with Gasteiger partial charge in [-0.25, -0.2) is 13.8 Å². The fourth-order valence-corrected chi connectivity index (χ4v) is 1.37. The van der Waals surface area contributed by atoms with Crippen molar-refractivity contribution in [3.63, 3.8) is 0 Å². The summed E-state index contributed by atoms with van der Waals surface area (Å²) in [7, 11) is 0. The Bertz CT molecular complexity index is 315. The van der Waals surface area contributed by atoms with E-state index >= 15 is 0 Å². The fraction of sp³-hybridized carbons (Fsp3) is 0.700. The molecular formula is C10H17F2N3O. The summed E-state index contributed by atoms with van der Waals surface area (Å²) < 4.78 is 27.3. The Labute approximate surface area is 93.3 Å². The van der Waals surface area contributed by atoms with E-state index in [0.717, 1.165) is 18.7 Å². The summed E-state index contributed by atoms with van der Waals surface area (Å²) in [6.07, 6.45) is 4.31. The third kappa shape index (κ3) is 3.86. The Morgan fingerprint density at radius 2 is 2.31 bits per heavy atom. The molecule has 0 fully saturated rings. The number of hydrogen-bond donors (Lipinski definition) is 2. The predicted octanol–water partition coefficient (Wildman–Crippen LogP) is 1.01. The van der Waals surface area contributed by atoms with Crippen LogP contribution in [0.15, 0.2) is 12.5 Å². The zero-order valence-corrected chi connectivity index (χ0v) is 9.29. The summed E-state index contributed by atoms with van der Waals surface area (Å²) in [6.45, 7) is 1.54. The lowest BCUT2D eigenvalue weighted by molar-refractivity contribution is -0.0478. The van der Waals surface area contributed by atoms with Gasteiger partial charge in [0.25, 0.3) is 5.92 Å². The molecule has 0 unspecified atom stereocenters. The molecule has 4 nitrogen and oxygen atoms in total. The van der Waals surface area contributed by atoms with Crippen molar-refractivity contribution in [3.8, 4) is 0 Å². The Morgan fingerprint density at radius 3 is 2.94 bits per heavy atom. The van der Waals surface area contributed by atoms with Gasteiger partial charge in [-0.2, -0.15) is 0 Å². The van der Waals surface area contributed by atoms with Gasteiger partial charge in [0.05, 0.1) is 18.6 Å². The second-order valence-corrected chi connectivity index (χ2v) is 3.70. The number of aryl methyl sites for hydroxylation is 1. The van der Waals surface area contributed by atoms with Crippen molar-refractivity contribution in [3.05, 3.63) is 18.2 Å². The van der Waals surface area contributed by atoms with E-state index in [1.54, 1.807) is 12.5 Å². The highest BCUT2D eigenvalue weighted by Gasteiger charge is 2.26. The first-order valence-electron chi connectivity index (χ1n) is 5.27. The smallest absolute Gasteiger partial charge is 0.282 e. The first kappa shape index (κ1) is 13.1. The van der Waals surface area contributed by atoms with Crippen LogP contribution in [0, 0.1) is 0 Å². The SMILES string of the molecule is CCCn1cncc1CNCC(F)(F)CO. The van der Waals surface area contributed by atoms with Gasteiger partial charge < -0.3 is 15.0 Å². The highest BCUT2D eigenvalue weighted by molar-refractivity contribution is 4.98. The van der Waals surface area contributed by atoms with Crippen LogP contribution in [0.1, 0.15) is 19.0 Å². The largest absolute Gasteiger partial charge is 0.390 e. The van der Waals surface area contributed by atoms with Gasteiger partial charge >= 0.3 is 0 Å². The van der Waals surface area contributed by atoms with Crippen LogP contribution in [0.3, 0.4) is 0 Å². The number of rotatable bonds is 7. The lowest BCUT2D eigenvalue weighted by Gasteiger charge is -2.14. The molecule has 6 heteroatoms. The van der Waals surface area contributed by atoms with Gasteiger partial charge in [0.15, 0.2) is 0 Å². The summed E-state index contributed by atoms with van der Waals surface area (Å²) in [5.41, 5.74) is 0.871. The molecule has 1 rings (SSSR count). The van der Waals surface area contributed by atoms with E-state index in [4.69, 9.17) is 5.11 Å². The van der Waals surface area contributed by atoms with Crippen LogP contribution in [0.4, 0.5) is 8.78 Å². The van der Waals surface area contributed by atoms with E-state index in [1.807, 2.05) is 11.5 Å². The Morgan fingerprint density at radius 1 is 1.56 bits per heavy atom. The molecule has 0 aliphatic heterocycles. The van der Waals surface area contributed by atoms with Gasteiger partial charge in [0.2, 0.25) is 0 Å². The van der Waals surface area contributed by atoms with Gasteiger partial charge in [-0.3, -0.25) is 0 Å². The van der Waals surface area contributed by atoms with E-state index in [9.17, 15) is 8.78 Å². The molecular weight excluding hydrogens is 216 g/mol. The normalized spacial score (nSPS) is 12.0. The zero-order valence-electron chi connectivity index (χ0n) is 9.29. The van der Waals surface area contributed by atoms with E-state index in [0.29, 0.717) is 6.54 Å². The maximum absolute atomic E-state index is 12.7. The molecule has 92 valence electrons. The standard InChI is InChI=1S/C10H17F2N3O/c1-2-3-15-8-14-5-9(15)4-13-6-10(11,12)7-16/h5,8,13,16H,2-4,6-7H2,1H3. The lowest BCUT2D eigenvalue weighted by Crippen LogP contribution is -2.35. The maximum atomic E-state index is 12.7. The molecule has 1 aromatic heterocycles. The average molecular weight is 233 g/mol. The number of halogens is 2. The van der Waals surface area contributed by atoms with Crippen molar-refractivity contribution in [1.82, 2.24) is 14.9 Å². The molecule has 0 radical (unpaired) electrons. The molecule has 0 aliphatic rings. The van der Waals surface area contributed by atoms with Gasteiger partial charge in [-0.05, 0) is 6.42 Å². The first-order chi connectivity index (χ1) is 7.59. The van der Waals surface area contributed by atoms with Crippen LogP contribution in [-0.2, 0) is 13.1 Å². The molecule has 0 aromatic carbocycles. The van der Waals surface area contributed by atoms with Crippen molar-refractivity contribution in [2.24, 2.45) is 0 Å². The van der Waals surface area contributed by atoms with Crippen LogP contribution in [0.25, 0.3) is 0 Å². The molecule has 0 bridgehead atoms. The minimum Gasteiger partial charge on any atom is -0.390 e. The first-order valence-corrected chi connectivity index (χ1v) is 5.27. The van der Waals surface area contributed by atoms with E-state index < -0.39 is 19.1 Å². The molecule has 0 saturated carbocycles. The topological polar surface area (TPSA) is 50.1 Å². The van der Waals surface area contributed by atoms with Gasteiger partial charge in [0.1, 0.15) is 6.61 Å². The van der Waals surface area contributed by atoms with Gasteiger partial charge in [-0.15, -0.1) is 0 Å². The Kier molecular flexibility index (Phi) is 4.82. The molecule has 0 amide bonds.